The molecular formula is C5H6F3N3O3S. The fourth-order valence-corrected chi connectivity index (χ4v) is 1.45. The van der Waals surface area contributed by atoms with Crippen LogP contribution >= 0.6 is 0 Å². The van der Waals surface area contributed by atoms with Crippen molar-refractivity contribution < 1.29 is 25.8 Å². The topological polar surface area (TPSA) is 84.9 Å². The lowest BCUT2D eigenvalue weighted by Crippen LogP contribution is -2.21. The second-order valence-corrected chi connectivity index (χ2v) is 4.08. The summed E-state index contributed by atoms with van der Waals surface area (Å²) >= 11 is 0. The van der Waals surface area contributed by atoms with E-state index >= 15 is 0 Å². The molecule has 10 heteroatoms. The van der Waals surface area contributed by atoms with Crippen molar-refractivity contribution in [2.45, 2.75) is 18.3 Å². The SMILES string of the molecule is Cc1nnc(S(=O)(=O)OCC(F)(F)F)[nH]1. The van der Waals surface area contributed by atoms with Gasteiger partial charge in [-0.05, 0) is 6.92 Å². The summed E-state index contributed by atoms with van der Waals surface area (Å²) in [6.45, 7) is -0.495. The van der Waals surface area contributed by atoms with Gasteiger partial charge in [-0.3, -0.25) is 4.18 Å². The van der Waals surface area contributed by atoms with Gasteiger partial charge in [0.25, 0.3) is 5.16 Å². The number of hydrogen-bond acceptors (Lipinski definition) is 5. The van der Waals surface area contributed by atoms with Crippen molar-refractivity contribution >= 4 is 10.1 Å². The Hall–Kier alpha value is -1.16. The van der Waals surface area contributed by atoms with Gasteiger partial charge in [-0.1, -0.05) is 0 Å². The number of aryl methyl sites for hydroxylation is 1. The number of nitrogens with one attached hydrogen (secondary N) is 1. The van der Waals surface area contributed by atoms with Crippen LogP contribution in [0.4, 0.5) is 13.2 Å². The molecule has 0 saturated carbocycles. The Balaban J connectivity index is 2.77. The Labute approximate surface area is 82.6 Å². The predicted molar refractivity (Wildman–Crippen MR) is 40.3 cm³/mol. The maximum atomic E-state index is 11.7. The number of hydrogen-bond donors (Lipinski definition) is 1. The van der Waals surface area contributed by atoms with Gasteiger partial charge in [0.1, 0.15) is 5.82 Å². The molecule has 6 nitrogen and oxygen atoms in total. The van der Waals surface area contributed by atoms with Crippen molar-refractivity contribution in [3.8, 4) is 0 Å². The molecule has 0 atom stereocenters. The monoisotopic (exact) mass is 245 g/mol. The highest BCUT2D eigenvalue weighted by Crippen LogP contribution is 2.17. The first kappa shape index (κ1) is 11.9. The first-order valence-corrected chi connectivity index (χ1v) is 4.97. The lowest BCUT2D eigenvalue weighted by Gasteiger charge is -2.05. The molecule has 0 spiro atoms. The fourth-order valence-electron chi connectivity index (χ4n) is 0.638. The van der Waals surface area contributed by atoms with E-state index < -0.39 is 28.1 Å². The number of aromatic nitrogens is 3. The maximum absolute atomic E-state index is 11.7. The Morgan fingerprint density at radius 2 is 2.00 bits per heavy atom. The number of nitrogens with zero attached hydrogens (tertiary/aromatic N) is 2. The van der Waals surface area contributed by atoms with E-state index in [-0.39, 0.29) is 5.82 Å². The Kier molecular flexibility index (Phi) is 3.00. The number of halogens is 3. The largest absolute Gasteiger partial charge is 0.413 e. The third-order valence-corrected chi connectivity index (χ3v) is 2.28. The quantitative estimate of drug-likeness (QED) is 0.778. The van der Waals surface area contributed by atoms with Crippen molar-refractivity contribution in [1.29, 1.82) is 0 Å². The summed E-state index contributed by atoms with van der Waals surface area (Å²) in [6.07, 6.45) is -4.72. The van der Waals surface area contributed by atoms with Gasteiger partial charge in [0.2, 0.25) is 0 Å². The van der Waals surface area contributed by atoms with Crippen LogP contribution in [0.3, 0.4) is 0 Å². The zero-order valence-electron chi connectivity index (χ0n) is 7.37. The maximum Gasteiger partial charge on any atom is 0.413 e. The summed E-state index contributed by atoms with van der Waals surface area (Å²) in [5.41, 5.74) is 0. The summed E-state index contributed by atoms with van der Waals surface area (Å²) in [5.74, 6) is 0.157. The van der Waals surface area contributed by atoms with Crippen LogP contribution < -0.4 is 0 Å². The molecule has 0 saturated heterocycles. The Morgan fingerprint density at radius 3 is 2.40 bits per heavy atom. The molecule has 1 aromatic rings. The molecule has 0 fully saturated rings. The zero-order valence-corrected chi connectivity index (χ0v) is 8.18. The number of rotatable bonds is 3. The predicted octanol–water partition coefficient (Wildman–Crippen LogP) is 0.381. The Morgan fingerprint density at radius 1 is 1.40 bits per heavy atom. The van der Waals surface area contributed by atoms with Crippen LogP contribution in [-0.2, 0) is 14.3 Å². The van der Waals surface area contributed by atoms with Gasteiger partial charge in [0, 0.05) is 0 Å². The molecule has 1 aromatic heterocycles. The van der Waals surface area contributed by atoms with Crippen molar-refractivity contribution in [3.63, 3.8) is 0 Å². The molecule has 0 aromatic carbocycles. The summed E-state index contributed by atoms with van der Waals surface area (Å²) < 4.78 is 60.8. The molecule has 1 heterocycles. The fraction of sp³-hybridized carbons (Fsp3) is 0.600. The number of aromatic amines is 1. The molecule has 0 aliphatic heterocycles. The third-order valence-electron chi connectivity index (χ3n) is 1.19. The van der Waals surface area contributed by atoms with Gasteiger partial charge in [0.15, 0.2) is 6.61 Å². The van der Waals surface area contributed by atoms with Gasteiger partial charge in [-0.15, -0.1) is 10.2 Å². The van der Waals surface area contributed by atoms with Gasteiger partial charge in [0.05, 0.1) is 0 Å². The first-order valence-electron chi connectivity index (χ1n) is 3.56. The second-order valence-electron chi connectivity index (χ2n) is 2.55. The number of alkyl halides is 3. The van der Waals surface area contributed by atoms with E-state index in [2.05, 4.69) is 19.4 Å². The molecule has 0 unspecified atom stereocenters. The lowest BCUT2D eigenvalue weighted by molar-refractivity contribution is -0.152. The van der Waals surface area contributed by atoms with Crippen LogP contribution in [-0.4, -0.2) is 36.4 Å². The van der Waals surface area contributed by atoms with Crippen LogP contribution in [0, 0.1) is 6.92 Å². The van der Waals surface area contributed by atoms with Crippen LogP contribution in [0.2, 0.25) is 0 Å². The average Bonchev–Trinajstić information content (AvgIpc) is 2.48. The van der Waals surface area contributed by atoms with E-state index in [0.29, 0.717) is 0 Å². The summed E-state index contributed by atoms with van der Waals surface area (Å²) in [5, 5.41) is 5.64. The molecule has 1 rings (SSSR count). The number of H-pyrrole nitrogens is 1. The minimum absolute atomic E-state index is 0.157. The van der Waals surface area contributed by atoms with E-state index in [1.807, 2.05) is 0 Å². The van der Waals surface area contributed by atoms with Crippen LogP contribution in [0.5, 0.6) is 0 Å². The van der Waals surface area contributed by atoms with E-state index in [9.17, 15) is 21.6 Å². The summed E-state index contributed by atoms with van der Waals surface area (Å²) in [7, 11) is -4.52. The summed E-state index contributed by atoms with van der Waals surface area (Å²) in [4.78, 5) is 2.15. The lowest BCUT2D eigenvalue weighted by atomic mass is 10.7. The van der Waals surface area contributed by atoms with Crippen molar-refractivity contribution in [2.24, 2.45) is 0 Å². The van der Waals surface area contributed by atoms with Gasteiger partial charge in [-0.25, -0.2) is 0 Å². The van der Waals surface area contributed by atoms with Crippen LogP contribution in [0.1, 0.15) is 5.82 Å². The van der Waals surface area contributed by atoms with Gasteiger partial charge < -0.3 is 4.98 Å². The minimum atomic E-state index is -4.72. The highest BCUT2D eigenvalue weighted by molar-refractivity contribution is 7.86. The van der Waals surface area contributed by atoms with E-state index in [1.54, 1.807) is 0 Å². The average molecular weight is 245 g/mol. The van der Waals surface area contributed by atoms with Crippen LogP contribution in [0.25, 0.3) is 0 Å². The molecule has 15 heavy (non-hydrogen) atoms. The first-order chi connectivity index (χ1) is 6.71. The van der Waals surface area contributed by atoms with Crippen molar-refractivity contribution in [3.05, 3.63) is 5.82 Å². The van der Waals surface area contributed by atoms with E-state index in [4.69, 9.17) is 0 Å². The highest BCUT2D eigenvalue weighted by Gasteiger charge is 2.32. The normalized spacial score (nSPS) is 13.1. The third kappa shape index (κ3) is 3.47. The minimum Gasteiger partial charge on any atom is -0.314 e. The van der Waals surface area contributed by atoms with Crippen molar-refractivity contribution in [1.82, 2.24) is 15.2 Å². The molecule has 0 bridgehead atoms. The Bertz CT molecular complexity index is 438. The smallest absolute Gasteiger partial charge is 0.314 e. The highest BCUT2D eigenvalue weighted by atomic mass is 32.2. The molecular weight excluding hydrogens is 239 g/mol. The molecule has 1 N–H and O–H groups in total. The van der Waals surface area contributed by atoms with Crippen LogP contribution in [0.15, 0.2) is 5.16 Å². The molecule has 0 radical (unpaired) electrons. The van der Waals surface area contributed by atoms with Gasteiger partial charge in [-0.2, -0.15) is 21.6 Å². The standard InChI is InChI=1S/C5H6F3N3O3S/c1-3-9-4(11-10-3)15(12,13)14-2-5(6,7)8/h2H2,1H3,(H,9,10,11). The molecule has 0 amide bonds. The second kappa shape index (κ2) is 3.77. The van der Waals surface area contributed by atoms with Crippen molar-refractivity contribution in [2.75, 3.05) is 6.61 Å². The van der Waals surface area contributed by atoms with E-state index in [1.165, 1.54) is 6.92 Å². The molecule has 0 aliphatic rings. The molecule has 86 valence electrons. The summed E-state index contributed by atoms with van der Waals surface area (Å²) in [6, 6.07) is 0. The zero-order chi connectivity index (χ0) is 11.7. The van der Waals surface area contributed by atoms with E-state index in [0.717, 1.165) is 0 Å². The molecule has 0 aliphatic carbocycles. The van der Waals surface area contributed by atoms with Gasteiger partial charge >= 0.3 is 16.3 Å².